The van der Waals surface area contributed by atoms with Crippen molar-refractivity contribution in [3.63, 3.8) is 0 Å². The first-order chi connectivity index (χ1) is 9.14. The number of aliphatic hydroxyl groups excluding tert-OH is 1. The van der Waals surface area contributed by atoms with E-state index in [2.05, 4.69) is 5.10 Å². The number of nitrogens with one attached hydrogen (secondary N) is 1. The van der Waals surface area contributed by atoms with E-state index in [1.807, 2.05) is 4.72 Å². The lowest BCUT2D eigenvalue weighted by molar-refractivity contribution is -0.137. The third-order valence-corrected chi connectivity index (χ3v) is 3.90. The molecule has 20 heavy (non-hydrogen) atoms. The molecule has 0 fully saturated rings. The van der Waals surface area contributed by atoms with Gasteiger partial charge in [0, 0.05) is 25.4 Å². The summed E-state index contributed by atoms with van der Waals surface area (Å²) in [5.74, 6) is 0. The van der Waals surface area contributed by atoms with Gasteiger partial charge in [-0.15, -0.1) is 0 Å². The Labute approximate surface area is 114 Å². The molecule has 0 aliphatic rings. The number of sulfonamides is 1. The summed E-state index contributed by atoms with van der Waals surface area (Å²) in [7, 11) is -4.03. The molecule has 1 aromatic heterocycles. The summed E-state index contributed by atoms with van der Waals surface area (Å²) in [6.07, 6.45) is -3.02. The summed E-state index contributed by atoms with van der Waals surface area (Å²) < 4.78 is 63.4. The van der Waals surface area contributed by atoms with E-state index in [0.717, 1.165) is 13.1 Å². The monoisotopic (exact) mass is 315 g/mol. The van der Waals surface area contributed by atoms with Crippen molar-refractivity contribution in [2.75, 3.05) is 6.61 Å². The van der Waals surface area contributed by atoms with Gasteiger partial charge in [0.05, 0.1) is 12.6 Å². The molecule has 6 nitrogen and oxygen atoms in total. The van der Waals surface area contributed by atoms with Gasteiger partial charge in [-0.3, -0.25) is 4.68 Å². The minimum atomic E-state index is -4.44. The number of aliphatic hydroxyl groups is 1. The molecule has 0 radical (unpaired) electrons. The summed E-state index contributed by atoms with van der Waals surface area (Å²) in [6, 6.07) is -1.26. The van der Waals surface area contributed by atoms with Gasteiger partial charge in [0.25, 0.3) is 0 Å². The highest BCUT2D eigenvalue weighted by Gasteiger charge is 2.32. The highest BCUT2D eigenvalue weighted by molar-refractivity contribution is 7.89. The molecule has 0 aliphatic carbocycles. The topological polar surface area (TPSA) is 84.2 Å². The second-order valence-corrected chi connectivity index (χ2v) is 6.07. The quantitative estimate of drug-likeness (QED) is 0.782. The van der Waals surface area contributed by atoms with E-state index in [4.69, 9.17) is 5.11 Å². The Hall–Kier alpha value is -1.13. The number of aromatic nitrogens is 2. The second-order valence-electron chi connectivity index (χ2n) is 4.36. The van der Waals surface area contributed by atoms with Crippen LogP contribution in [0.3, 0.4) is 0 Å². The predicted octanol–water partition coefficient (Wildman–Crippen LogP) is 0.885. The minimum Gasteiger partial charge on any atom is -0.396 e. The number of hydrogen-bond donors (Lipinski definition) is 2. The summed E-state index contributed by atoms with van der Waals surface area (Å²) in [4.78, 5) is -0.204. The van der Waals surface area contributed by atoms with Gasteiger partial charge in [-0.1, -0.05) is 0 Å². The molecule has 0 aliphatic heterocycles. The zero-order valence-electron chi connectivity index (χ0n) is 10.8. The molecule has 10 heteroatoms. The molecule has 0 spiro atoms. The van der Waals surface area contributed by atoms with Gasteiger partial charge in [-0.2, -0.15) is 18.3 Å². The molecule has 1 unspecified atom stereocenters. The summed E-state index contributed by atoms with van der Waals surface area (Å²) in [6.45, 7) is 1.40. The van der Waals surface area contributed by atoms with Crippen LogP contribution in [0.4, 0.5) is 13.2 Å². The van der Waals surface area contributed by atoms with Crippen LogP contribution in [0.25, 0.3) is 0 Å². The van der Waals surface area contributed by atoms with Crippen LogP contribution in [-0.2, 0) is 16.6 Å². The Morgan fingerprint density at radius 2 is 2.15 bits per heavy atom. The van der Waals surface area contributed by atoms with Crippen molar-refractivity contribution in [2.45, 2.75) is 43.4 Å². The van der Waals surface area contributed by atoms with Crippen LogP contribution in [-0.4, -0.2) is 42.1 Å². The molecule has 0 saturated heterocycles. The molecule has 1 aromatic rings. The van der Waals surface area contributed by atoms with Gasteiger partial charge in [-0.05, 0) is 13.3 Å². The summed E-state index contributed by atoms with van der Waals surface area (Å²) in [5, 5.41) is 12.4. The first-order valence-electron chi connectivity index (χ1n) is 5.86. The van der Waals surface area contributed by atoms with Crippen molar-refractivity contribution < 1.29 is 26.7 Å². The first kappa shape index (κ1) is 16.9. The van der Waals surface area contributed by atoms with E-state index in [1.54, 1.807) is 0 Å². The van der Waals surface area contributed by atoms with E-state index < -0.39 is 28.7 Å². The largest absolute Gasteiger partial charge is 0.396 e. The number of alkyl halides is 3. The predicted molar refractivity (Wildman–Crippen MR) is 64.4 cm³/mol. The smallest absolute Gasteiger partial charge is 0.390 e. The van der Waals surface area contributed by atoms with Crippen LogP contribution in [0, 0.1) is 0 Å². The molecule has 116 valence electrons. The molecule has 2 N–H and O–H groups in total. The number of halogens is 3. The Morgan fingerprint density at radius 3 is 2.70 bits per heavy atom. The highest BCUT2D eigenvalue weighted by atomic mass is 32.2. The number of rotatable bonds is 7. The fraction of sp³-hybridized carbons (Fsp3) is 0.700. The molecular formula is C10H16F3N3O3S. The van der Waals surface area contributed by atoms with Gasteiger partial charge in [0.1, 0.15) is 4.90 Å². The van der Waals surface area contributed by atoms with E-state index >= 15 is 0 Å². The summed E-state index contributed by atoms with van der Waals surface area (Å²) in [5.41, 5.74) is 0. The van der Waals surface area contributed by atoms with Gasteiger partial charge in [0.15, 0.2) is 0 Å². The summed E-state index contributed by atoms with van der Waals surface area (Å²) >= 11 is 0. The van der Waals surface area contributed by atoms with Crippen molar-refractivity contribution in [1.82, 2.24) is 14.5 Å². The molecule has 0 saturated carbocycles. The number of aryl methyl sites for hydroxylation is 1. The molecule has 0 bridgehead atoms. The first-order valence-corrected chi connectivity index (χ1v) is 7.35. The van der Waals surface area contributed by atoms with Crippen molar-refractivity contribution in [3.05, 3.63) is 12.4 Å². The zero-order chi connectivity index (χ0) is 15.4. The van der Waals surface area contributed by atoms with Crippen LogP contribution < -0.4 is 4.72 Å². The van der Waals surface area contributed by atoms with Crippen LogP contribution >= 0.6 is 0 Å². The Morgan fingerprint density at radius 1 is 1.50 bits per heavy atom. The van der Waals surface area contributed by atoms with Crippen LogP contribution in [0.5, 0.6) is 0 Å². The normalized spacial score (nSPS) is 14.4. The van der Waals surface area contributed by atoms with Crippen LogP contribution in [0.2, 0.25) is 0 Å². The maximum Gasteiger partial charge on any atom is 0.390 e. The molecule has 1 atom stereocenters. The lowest BCUT2D eigenvalue weighted by Crippen LogP contribution is -2.35. The van der Waals surface area contributed by atoms with E-state index in [9.17, 15) is 21.6 Å². The molecular weight excluding hydrogens is 299 g/mol. The van der Waals surface area contributed by atoms with Gasteiger partial charge in [-0.25, -0.2) is 13.1 Å². The molecule has 0 amide bonds. The molecule has 0 aromatic carbocycles. The highest BCUT2D eigenvalue weighted by Crippen LogP contribution is 2.22. The zero-order valence-corrected chi connectivity index (χ0v) is 11.6. The maximum absolute atomic E-state index is 12.2. The third-order valence-electron chi connectivity index (χ3n) is 2.36. The van der Waals surface area contributed by atoms with Crippen molar-refractivity contribution >= 4 is 10.0 Å². The molecule has 1 heterocycles. The van der Waals surface area contributed by atoms with Crippen molar-refractivity contribution in [2.24, 2.45) is 0 Å². The van der Waals surface area contributed by atoms with Crippen LogP contribution in [0.15, 0.2) is 17.3 Å². The fourth-order valence-corrected chi connectivity index (χ4v) is 2.76. The SMILES string of the molecule is CC(CC(F)(F)F)NS(=O)(=O)c1cnn(CCCO)c1. The fourth-order valence-electron chi connectivity index (χ4n) is 1.56. The average Bonchev–Trinajstić information content (AvgIpc) is 2.71. The van der Waals surface area contributed by atoms with E-state index in [1.165, 1.54) is 10.9 Å². The average molecular weight is 315 g/mol. The van der Waals surface area contributed by atoms with E-state index in [-0.39, 0.29) is 11.5 Å². The Bertz CT molecular complexity index is 527. The van der Waals surface area contributed by atoms with Gasteiger partial charge >= 0.3 is 6.18 Å². The number of nitrogens with zero attached hydrogens (tertiary/aromatic N) is 2. The lowest BCUT2D eigenvalue weighted by atomic mass is 10.2. The third kappa shape index (κ3) is 5.47. The standard InChI is InChI=1S/C10H16F3N3O3S/c1-8(5-10(11,12)13)15-20(18,19)9-6-14-16(7-9)3-2-4-17/h6-8,15,17H,2-5H2,1H3. The van der Waals surface area contributed by atoms with Gasteiger partial charge < -0.3 is 5.11 Å². The van der Waals surface area contributed by atoms with Crippen molar-refractivity contribution in [1.29, 1.82) is 0 Å². The minimum absolute atomic E-state index is 0.0667. The maximum atomic E-state index is 12.2. The Kier molecular flexibility index (Phi) is 5.54. The van der Waals surface area contributed by atoms with Gasteiger partial charge in [0.2, 0.25) is 10.0 Å². The van der Waals surface area contributed by atoms with E-state index in [0.29, 0.717) is 13.0 Å². The lowest BCUT2D eigenvalue weighted by Gasteiger charge is -2.15. The van der Waals surface area contributed by atoms with Crippen molar-refractivity contribution in [3.8, 4) is 0 Å². The Balaban J connectivity index is 2.71. The second kappa shape index (κ2) is 6.55. The molecule has 1 rings (SSSR count). The number of hydrogen-bond acceptors (Lipinski definition) is 4. The van der Waals surface area contributed by atoms with Crippen LogP contribution in [0.1, 0.15) is 19.8 Å².